The highest BCUT2D eigenvalue weighted by Crippen LogP contribution is 2.32. The van der Waals surface area contributed by atoms with Crippen molar-refractivity contribution >= 4 is 11.8 Å². The average molecular weight is 384 g/mol. The van der Waals surface area contributed by atoms with Crippen LogP contribution in [0.1, 0.15) is 22.3 Å². The third-order valence-corrected chi connectivity index (χ3v) is 5.02. The fourth-order valence-electron chi connectivity index (χ4n) is 3.47. The minimum Gasteiger partial charge on any atom is -0.454 e. The molecule has 2 aromatic carbocycles. The van der Waals surface area contributed by atoms with E-state index in [1.807, 2.05) is 0 Å². The average Bonchev–Trinajstić information content (AvgIpc) is 3.03. The van der Waals surface area contributed by atoms with Gasteiger partial charge in [-0.2, -0.15) is 0 Å². The Balaban J connectivity index is 1.37. The Morgan fingerprint density at radius 2 is 1.61 bits per heavy atom. The first-order valence-electron chi connectivity index (χ1n) is 9.31. The molecule has 2 amide bonds. The molecular formula is C21H21FN2O4. The minimum absolute atomic E-state index is 0.0102. The van der Waals surface area contributed by atoms with Crippen LogP contribution in [0.25, 0.3) is 0 Å². The van der Waals surface area contributed by atoms with E-state index in [0.29, 0.717) is 49.7 Å². The molecule has 0 unspecified atom stereocenters. The molecule has 2 heterocycles. The largest absolute Gasteiger partial charge is 0.454 e. The van der Waals surface area contributed by atoms with E-state index in [1.165, 1.54) is 12.1 Å². The summed E-state index contributed by atoms with van der Waals surface area (Å²) in [6.45, 7) is 2.32. The van der Waals surface area contributed by atoms with Crippen LogP contribution in [0.15, 0.2) is 42.5 Å². The van der Waals surface area contributed by atoms with Gasteiger partial charge in [-0.1, -0.05) is 12.1 Å². The Bertz CT molecular complexity index is 884. The second kappa shape index (κ2) is 7.88. The van der Waals surface area contributed by atoms with Crippen molar-refractivity contribution in [2.45, 2.75) is 12.8 Å². The van der Waals surface area contributed by atoms with Crippen LogP contribution in [0.5, 0.6) is 11.5 Å². The van der Waals surface area contributed by atoms with Gasteiger partial charge in [-0.15, -0.1) is 0 Å². The topological polar surface area (TPSA) is 59.1 Å². The summed E-state index contributed by atoms with van der Waals surface area (Å²) in [6.07, 6.45) is 0.946. The second-order valence-electron chi connectivity index (χ2n) is 6.90. The third kappa shape index (κ3) is 3.93. The van der Waals surface area contributed by atoms with Crippen LogP contribution in [0.4, 0.5) is 4.39 Å². The van der Waals surface area contributed by atoms with Crippen LogP contribution < -0.4 is 9.47 Å². The van der Waals surface area contributed by atoms with E-state index in [4.69, 9.17) is 9.47 Å². The number of benzene rings is 2. The van der Waals surface area contributed by atoms with Crippen molar-refractivity contribution in [3.8, 4) is 11.5 Å². The van der Waals surface area contributed by atoms with Crippen LogP contribution in [-0.2, 0) is 11.2 Å². The molecule has 0 saturated carbocycles. The molecule has 0 N–H and O–H groups in total. The molecule has 7 heteroatoms. The van der Waals surface area contributed by atoms with E-state index in [1.54, 1.807) is 40.1 Å². The van der Waals surface area contributed by atoms with Gasteiger partial charge >= 0.3 is 0 Å². The Morgan fingerprint density at radius 3 is 2.43 bits per heavy atom. The number of carbonyl (C=O) groups is 2. The summed E-state index contributed by atoms with van der Waals surface area (Å²) in [7, 11) is 0. The van der Waals surface area contributed by atoms with E-state index in [2.05, 4.69) is 0 Å². The summed E-state index contributed by atoms with van der Waals surface area (Å²) in [5.74, 6) is 0.820. The highest BCUT2D eigenvalue weighted by atomic mass is 19.1. The molecule has 0 radical (unpaired) electrons. The molecule has 0 aliphatic carbocycles. The molecule has 2 aromatic rings. The first-order valence-corrected chi connectivity index (χ1v) is 9.31. The predicted molar refractivity (Wildman–Crippen MR) is 99.8 cm³/mol. The highest BCUT2D eigenvalue weighted by Gasteiger charge is 2.24. The van der Waals surface area contributed by atoms with Crippen molar-refractivity contribution in [3.63, 3.8) is 0 Å². The number of ether oxygens (including phenoxy) is 2. The maximum atomic E-state index is 13.0. The third-order valence-electron chi connectivity index (χ3n) is 5.02. The van der Waals surface area contributed by atoms with Gasteiger partial charge in [0.15, 0.2) is 11.5 Å². The number of halogens is 1. The number of hydrogen-bond donors (Lipinski definition) is 0. The number of fused-ring (bicyclic) bond motifs is 1. The summed E-state index contributed by atoms with van der Waals surface area (Å²) in [6, 6.07) is 11.1. The fraction of sp³-hybridized carbons (Fsp3) is 0.333. The Labute approximate surface area is 162 Å². The van der Waals surface area contributed by atoms with E-state index in [-0.39, 0.29) is 30.8 Å². The number of hydrogen-bond acceptors (Lipinski definition) is 4. The lowest BCUT2D eigenvalue weighted by Gasteiger charge is -2.22. The van der Waals surface area contributed by atoms with Gasteiger partial charge in [0.05, 0.1) is 6.42 Å². The van der Waals surface area contributed by atoms with E-state index in [9.17, 15) is 14.0 Å². The van der Waals surface area contributed by atoms with Gasteiger partial charge in [0.1, 0.15) is 5.82 Å². The zero-order valence-corrected chi connectivity index (χ0v) is 15.4. The molecule has 1 fully saturated rings. The highest BCUT2D eigenvalue weighted by molar-refractivity contribution is 5.95. The maximum Gasteiger partial charge on any atom is 0.254 e. The lowest BCUT2D eigenvalue weighted by molar-refractivity contribution is -0.130. The monoisotopic (exact) mass is 384 g/mol. The summed E-state index contributed by atoms with van der Waals surface area (Å²) >= 11 is 0. The summed E-state index contributed by atoms with van der Waals surface area (Å²) in [4.78, 5) is 29.0. The summed E-state index contributed by atoms with van der Waals surface area (Å²) < 4.78 is 23.6. The maximum absolute atomic E-state index is 13.0. The second-order valence-corrected chi connectivity index (χ2v) is 6.90. The van der Waals surface area contributed by atoms with Crippen molar-refractivity contribution < 1.29 is 23.5 Å². The van der Waals surface area contributed by atoms with E-state index in [0.717, 1.165) is 5.56 Å². The van der Waals surface area contributed by atoms with Gasteiger partial charge < -0.3 is 19.3 Å². The van der Waals surface area contributed by atoms with Crippen LogP contribution in [0.2, 0.25) is 0 Å². The Hall–Kier alpha value is -3.09. The Kier molecular flexibility index (Phi) is 5.14. The van der Waals surface area contributed by atoms with Gasteiger partial charge in [-0.3, -0.25) is 9.59 Å². The lowest BCUT2D eigenvalue weighted by atomic mass is 10.1. The smallest absolute Gasteiger partial charge is 0.254 e. The number of carbonyl (C=O) groups excluding carboxylic acids is 2. The van der Waals surface area contributed by atoms with Crippen molar-refractivity contribution in [1.82, 2.24) is 9.80 Å². The molecule has 0 atom stereocenters. The van der Waals surface area contributed by atoms with Crippen LogP contribution in [-0.4, -0.2) is 54.6 Å². The molecule has 28 heavy (non-hydrogen) atoms. The first kappa shape index (κ1) is 18.3. The van der Waals surface area contributed by atoms with Gasteiger partial charge in [0.25, 0.3) is 5.91 Å². The molecule has 6 nitrogen and oxygen atoms in total. The molecule has 1 saturated heterocycles. The molecule has 4 rings (SSSR count). The van der Waals surface area contributed by atoms with Crippen LogP contribution in [0.3, 0.4) is 0 Å². The molecule has 2 aliphatic rings. The number of nitrogens with zero attached hydrogens (tertiary/aromatic N) is 2. The zero-order chi connectivity index (χ0) is 19.5. The van der Waals surface area contributed by atoms with E-state index >= 15 is 0 Å². The normalized spacial score (nSPS) is 16.0. The Morgan fingerprint density at radius 1 is 0.893 bits per heavy atom. The number of rotatable bonds is 3. The predicted octanol–water partition coefficient (Wildman–Crippen LogP) is 2.47. The van der Waals surface area contributed by atoms with Gasteiger partial charge in [-0.05, 0) is 42.3 Å². The first-order chi connectivity index (χ1) is 13.6. The van der Waals surface area contributed by atoms with Crippen LogP contribution in [0, 0.1) is 5.82 Å². The SMILES string of the molecule is O=C(Cc1ccc(F)cc1)N1CCCN(C(=O)c2ccc3c(c2)OCO3)CC1. The van der Waals surface area contributed by atoms with Crippen molar-refractivity contribution in [2.24, 2.45) is 0 Å². The van der Waals surface area contributed by atoms with Gasteiger partial charge in [0.2, 0.25) is 12.7 Å². The zero-order valence-electron chi connectivity index (χ0n) is 15.4. The molecular weight excluding hydrogens is 363 g/mol. The lowest BCUT2D eigenvalue weighted by Crippen LogP contribution is -2.38. The summed E-state index contributed by atoms with van der Waals surface area (Å²) in [5, 5.41) is 0. The summed E-state index contributed by atoms with van der Waals surface area (Å²) in [5.41, 5.74) is 1.33. The molecule has 0 bridgehead atoms. The van der Waals surface area contributed by atoms with Gasteiger partial charge in [0, 0.05) is 31.7 Å². The standard InChI is InChI=1S/C21H21FN2O4/c22-17-5-2-15(3-6-17)12-20(25)23-8-1-9-24(11-10-23)21(26)16-4-7-18-19(13-16)28-14-27-18/h2-7,13H,1,8-12,14H2. The molecule has 2 aliphatic heterocycles. The van der Waals surface area contributed by atoms with Crippen molar-refractivity contribution in [1.29, 1.82) is 0 Å². The van der Waals surface area contributed by atoms with Crippen LogP contribution >= 0.6 is 0 Å². The quantitative estimate of drug-likeness (QED) is 0.816. The molecule has 0 spiro atoms. The van der Waals surface area contributed by atoms with E-state index < -0.39 is 0 Å². The van der Waals surface area contributed by atoms with Gasteiger partial charge in [-0.25, -0.2) is 4.39 Å². The van der Waals surface area contributed by atoms with Crippen molar-refractivity contribution in [3.05, 3.63) is 59.4 Å². The number of amides is 2. The molecule has 146 valence electrons. The molecule has 0 aromatic heterocycles. The van der Waals surface area contributed by atoms with Crippen molar-refractivity contribution in [2.75, 3.05) is 33.0 Å². The fourth-order valence-corrected chi connectivity index (χ4v) is 3.47. The minimum atomic E-state index is -0.316.